The van der Waals surface area contributed by atoms with E-state index in [1.165, 1.54) is 13.8 Å². The Morgan fingerprint density at radius 1 is 1.41 bits per heavy atom. The van der Waals surface area contributed by atoms with E-state index in [2.05, 4.69) is 22.8 Å². The average molecular weight is 240 g/mol. The Hall–Kier alpha value is -1.52. The zero-order chi connectivity index (χ0) is 12.9. The number of amides is 2. The summed E-state index contributed by atoms with van der Waals surface area (Å²) in [7, 11) is 0. The number of carboxylic acid groups (broad SMARTS) is 1. The number of urea groups is 1. The van der Waals surface area contributed by atoms with Crippen molar-refractivity contribution in [3.63, 3.8) is 0 Å². The molecule has 1 rings (SSSR count). The first kappa shape index (κ1) is 13.5. The minimum atomic E-state index is -1.24. The molecule has 0 heterocycles. The molecule has 0 saturated heterocycles. The summed E-state index contributed by atoms with van der Waals surface area (Å²) in [5.74, 6) is -0.591. The van der Waals surface area contributed by atoms with Crippen molar-refractivity contribution in [2.24, 2.45) is 5.92 Å². The minimum absolute atomic E-state index is 0.424. The lowest BCUT2D eigenvalue weighted by molar-refractivity contribution is -0.142. The van der Waals surface area contributed by atoms with Crippen LogP contribution in [0.25, 0.3) is 0 Å². The maximum absolute atomic E-state index is 11.5. The first-order chi connectivity index (χ1) is 7.92. The van der Waals surface area contributed by atoms with Crippen LogP contribution in [-0.4, -0.2) is 29.2 Å². The van der Waals surface area contributed by atoms with Crippen LogP contribution >= 0.6 is 0 Å². The van der Waals surface area contributed by atoms with E-state index >= 15 is 0 Å². The van der Waals surface area contributed by atoms with Crippen molar-refractivity contribution >= 4 is 12.0 Å². The van der Waals surface area contributed by atoms with E-state index in [9.17, 15) is 9.59 Å². The van der Waals surface area contributed by atoms with Gasteiger partial charge in [0.25, 0.3) is 0 Å². The van der Waals surface area contributed by atoms with Gasteiger partial charge >= 0.3 is 12.0 Å². The molecule has 0 aromatic rings. The van der Waals surface area contributed by atoms with Crippen LogP contribution in [0.3, 0.4) is 0 Å². The molecule has 5 nitrogen and oxygen atoms in total. The number of allylic oxidation sites excluding steroid dienone is 2. The van der Waals surface area contributed by atoms with Crippen molar-refractivity contribution in [3.05, 3.63) is 12.2 Å². The van der Waals surface area contributed by atoms with Crippen molar-refractivity contribution in [1.29, 1.82) is 0 Å². The van der Waals surface area contributed by atoms with Gasteiger partial charge in [-0.1, -0.05) is 12.2 Å². The van der Waals surface area contributed by atoms with Crippen LogP contribution in [0.5, 0.6) is 0 Å². The molecule has 0 fully saturated rings. The maximum Gasteiger partial charge on any atom is 0.328 e. The van der Waals surface area contributed by atoms with Crippen LogP contribution in [0, 0.1) is 5.92 Å². The van der Waals surface area contributed by atoms with Crippen molar-refractivity contribution in [2.45, 2.75) is 38.6 Å². The fraction of sp³-hybridized carbons (Fsp3) is 0.667. The Kier molecular flexibility index (Phi) is 4.54. The molecule has 0 aromatic carbocycles. The molecule has 0 radical (unpaired) electrons. The number of aliphatic carboxylic acids is 1. The van der Waals surface area contributed by atoms with Gasteiger partial charge < -0.3 is 15.7 Å². The lowest BCUT2D eigenvalue weighted by Gasteiger charge is -2.23. The Labute approximate surface area is 101 Å². The molecule has 1 aliphatic rings. The van der Waals surface area contributed by atoms with E-state index in [4.69, 9.17) is 5.11 Å². The second-order valence-electron chi connectivity index (χ2n) is 4.92. The fourth-order valence-corrected chi connectivity index (χ4v) is 1.66. The standard InChI is InChI=1S/C12H20N2O3/c1-12(2,10(15)16)14-11(17)13-8-9-6-4-3-5-7-9/h3-4,9H,5-8H2,1-2H3,(H,15,16)(H2,13,14,17). The van der Waals surface area contributed by atoms with Gasteiger partial charge in [-0.05, 0) is 39.0 Å². The molecule has 0 aromatic heterocycles. The lowest BCUT2D eigenvalue weighted by Crippen LogP contribution is -2.53. The van der Waals surface area contributed by atoms with Gasteiger partial charge in [0.2, 0.25) is 0 Å². The quantitative estimate of drug-likeness (QED) is 0.652. The molecule has 17 heavy (non-hydrogen) atoms. The molecule has 5 heteroatoms. The third-order valence-corrected chi connectivity index (χ3v) is 2.89. The first-order valence-corrected chi connectivity index (χ1v) is 5.86. The van der Waals surface area contributed by atoms with Crippen molar-refractivity contribution in [3.8, 4) is 0 Å². The molecule has 2 amide bonds. The van der Waals surface area contributed by atoms with Crippen molar-refractivity contribution in [2.75, 3.05) is 6.54 Å². The summed E-state index contributed by atoms with van der Waals surface area (Å²) < 4.78 is 0. The molecule has 0 saturated carbocycles. The van der Waals surface area contributed by atoms with Gasteiger partial charge in [-0.25, -0.2) is 9.59 Å². The summed E-state index contributed by atoms with van der Waals surface area (Å²) in [5, 5.41) is 14.0. The second kappa shape index (κ2) is 5.70. The van der Waals surface area contributed by atoms with E-state index in [1.807, 2.05) is 0 Å². The number of carboxylic acids is 1. The van der Waals surface area contributed by atoms with E-state index in [0.717, 1.165) is 19.3 Å². The summed E-state index contributed by atoms with van der Waals surface area (Å²) >= 11 is 0. The monoisotopic (exact) mass is 240 g/mol. The highest BCUT2D eigenvalue weighted by Crippen LogP contribution is 2.16. The molecule has 0 spiro atoms. The predicted molar refractivity (Wildman–Crippen MR) is 64.7 cm³/mol. The highest BCUT2D eigenvalue weighted by molar-refractivity contribution is 5.85. The van der Waals surface area contributed by atoms with Gasteiger partial charge in [-0.2, -0.15) is 0 Å². The van der Waals surface area contributed by atoms with E-state index < -0.39 is 17.5 Å². The fourth-order valence-electron chi connectivity index (χ4n) is 1.66. The number of carbonyl (C=O) groups is 2. The smallest absolute Gasteiger partial charge is 0.328 e. The maximum atomic E-state index is 11.5. The highest BCUT2D eigenvalue weighted by Gasteiger charge is 2.28. The molecular formula is C12H20N2O3. The second-order valence-corrected chi connectivity index (χ2v) is 4.92. The number of hydrogen-bond acceptors (Lipinski definition) is 2. The van der Waals surface area contributed by atoms with Gasteiger partial charge in [0.1, 0.15) is 5.54 Å². The number of nitrogens with one attached hydrogen (secondary N) is 2. The summed E-state index contributed by atoms with van der Waals surface area (Å²) in [6, 6.07) is -0.424. The normalized spacial score (nSPS) is 19.8. The van der Waals surface area contributed by atoms with E-state index in [1.54, 1.807) is 0 Å². The summed E-state index contributed by atoms with van der Waals surface area (Å²) in [5.41, 5.74) is -1.24. The van der Waals surface area contributed by atoms with Crippen LogP contribution < -0.4 is 10.6 Å². The lowest BCUT2D eigenvalue weighted by atomic mass is 9.94. The number of rotatable bonds is 4. The van der Waals surface area contributed by atoms with Crippen LogP contribution in [0.1, 0.15) is 33.1 Å². The SMILES string of the molecule is CC(C)(NC(=O)NCC1CC=CCC1)C(=O)O. The Morgan fingerprint density at radius 2 is 2.12 bits per heavy atom. The zero-order valence-electron chi connectivity index (χ0n) is 10.3. The summed E-state index contributed by atoms with van der Waals surface area (Å²) in [6.07, 6.45) is 7.36. The molecular weight excluding hydrogens is 220 g/mol. The first-order valence-electron chi connectivity index (χ1n) is 5.86. The van der Waals surface area contributed by atoms with Crippen molar-refractivity contribution in [1.82, 2.24) is 10.6 Å². The van der Waals surface area contributed by atoms with Gasteiger partial charge in [0.15, 0.2) is 0 Å². The minimum Gasteiger partial charge on any atom is -0.480 e. The Balaban J connectivity index is 2.30. The van der Waals surface area contributed by atoms with Crippen LogP contribution in [0.4, 0.5) is 4.79 Å². The Morgan fingerprint density at radius 3 is 2.65 bits per heavy atom. The van der Waals surface area contributed by atoms with Crippen LogP contribution in [-0.2, 0) is 4.79 Å². The highest BCUT2D eigenvalue weighted by atomic mass is 16.4. The summed E-state index contributed by atoms with van der Waals surface area (Å²) in [6.45, 7) is 3.50. The molecule has 1 aliphatic carbocycles. The number of hydrogen-bond donors (Lipinski definition) is 3. The molecule has 0 aliphatic heterocycles. The van der Waals surface area contributed by atoms with Gasteiger partial charge in [0.05, 0.1) is 0 Å². The molecule has 1 atom stereocenters. The van der Waals surface area contributed by atoms with Gasteiger partial charge in [-0.3, -0.25) is 0 Å². The van der Waals surface area contributed by atoms with Crippen molar-refractivity contribution < 1.29 is 14.7 Å². The predicted octanol–water partition coefficient (Wildman–Crippen LogP) is 1.51. The van der Waals surface area contributed by atoms with Crippen LogP contribution in [0.2, 0.25) is 0 Å². The average Bonchev–Trinajstić information content (AvgIpc) is 2.27. The third-order valence-electron chi connectivity index (χ3n) is 2.89. The van der Waals surface area contributed by atoms with Crippen LogP contribution in [0.15, 0.2) is 12.2 Å². The zero-order valence-corrected chi connectivity index (χ0v) is 10.3. The number of carbonyl (C=O) groups excluding carboxylic acids is 1. The molecule has 3 N–H and O–H groups in total. The molecule has 0 bridgehead atoms. The molecule has 96 valence electrons. The molecule has 1 unspecified atom stereocenters. The van der Waals surface area contributed by atoms with E-state index in [0.29, 0.717) is 12.5 Å². The Bertz CT molecular complexity index is 324. The van der Waals surface area contributed by atoms with Gasteiger partial charge in [0, 0.05) is 6.54 Å². The van der Waals surface area contributed by atoms with Gasteiger partial charge in [-0.15, -0.1) is 0 Å². The third kappa shape index (κ3) is 4.46. The largest absolute Gasteiger partial charge is 0.480 e. The summed E-state index contributed by atoms with van der Waals surface area (Å²) in [4.78, 5) is 22.3. The van der Waals surface area contributed by atoms with E-state index in [-0.39, 0.29) is 0 Å². The topological polar surface area (TPSA) is 78.4 Å².